The molecular weight excluding hydrogens is 366 g/mol. The van der Waals surface area contributed by atoms with Gasteiger partial charge in [0.2, 0.25) is 0 Å². The van der Waals surface area contributed by atoms with E-state index in [1.165, 1.54) is 5.56 Å². The van der Waals surface area contributed by atoms with E-state index in [1.807, 2.05) is 18.2 Å². The van der Waals surface area contributed by atoms with Gasteiger partial charge in [0.15, 0.2) is 0 Å². The molecule has 1 aromatic carbocycles. The van der Waals surface area contributed by atoms with Gasteiger partial charge in [-0.1, -0.05) is 36.4 Å². The third-order valence-corrected chi connectivity index (χ3v) is 5.49. The molecule has 1 unspecified atom stereocenters. The van der Waals surface area contributed by atoms with Crippen LogP contribution in [-0.2, 0) is 4.74 Å². The van der Waals surface area contributed by atoms with E-state index in [-0.39, 0.29) is 11.9 Å². The van der Waals surface area contributed by atoms with Gasteiger partial charge in [-0.05, 0) is 17.7 Å². The van der Waals surface area contributed by atoms with Crippen LogP contribution in [0.25, 0.3) is 0 Å². The van der Waals surface area contributed by atoms with E-state index in [2.05, 4.69) is 49.7 Å². The number of pyridine rings is 1. The summed E-state index contributed by atoms with van der Waals surface area (Å²) in [5.74, 6) is 0.739. The first-order valence-corrected chi connectivity index (χ1v) is 10.4. The Labute approximate surface area is 172 Å². The van der Waals surface area contributed by atoms with Gasteiger partial charge in [-0.3, -0.25) is 9.69 Å². The normalized spacial score (nSPS) is 20.4. The van der Waals surface area contributed by atoms with E-state index < -0.39 is 0 Å². The van der Waals surface area contributed by atoms with E-state index in [0.717, 1.165) is 58.3 Å². The molecule has 2 saturated heterocycles. The molecule has 0 aliphatic carbocycles. The van der Waals surface area contributed by atoms with Gasteiger partial charge in [-0.25, -0.2) is 4.98 Å². The van der Waals surface area contributed by atoms with Crippen LogP contribution in [0.1, 0.15) is 22.1 Å². The van der Waals surface area contributed by atoms with Crippen molar-refractivity contribution in [3.8, 4) is 0 Å². The SMILES string of the molecule is O=C(NCCN1CCOCC1)c1cccc(N2CCNC(c3ccccc3)C2)n1. The fourth-order valence-electron chi connectivity index (χ4n) is 3.84. The van der Waals surface area contributed by atoms with Crippen molar-refractivity contribution in [2.75, 3.05) is 63.9 Å². The van der Waals surface area contributed by atoms with Gasteiger partial charge < -0.3 is 20.3 Å². The van der Waals surface area contributed by atoms with Crippen molar-refractivity contribution >= 4 is 11.7 Å². The summed E-state index contributed by atoms with van der Waals surface area (Å²) in [5, 5.41) is 6.57. The number of carbonyl (C=O) groups excluding carboxylic acids is 1. The molecule has 0 radical (unpaired) electrons. The summed E-state index contributed by atoms with van der Waals surface area (Å²) < 4.78 is 5.35. The zero-order valence-electron chi connectivity index (χ0n) is 16.7. The molecule has 7 heteroatoms. The van der Waals surface area contributed by atoms with Gasteiger partial charge in [0, 0.05) is 51.9 Å². The minimum absolute atomic E-state index is 0.116. The van der Waals surface area contributed by atoms with E-state index >= 15 is 0 Å². The Morgan fingerprint density at radius 3 is 2.76 bits per heavy atom. The first-order valence-electron chi connectivity index (χ1n) is 10.4. The Morgan fingerprint density at radius 2 is 1.93 bits per heavy atom. The largest absolute Gasteiger partial charge is 0.379 e. The predicted molar refractivity (Wildman–Crippen MR) is 113 cm³/mol. The average molecular weight is 396 g/mol. The number of hydrogen-bond donors (Lipinski definition) is 2. The van der Waals surface area contributed by atoms with Crippen LogP contribution in [0.3, 0.4) is 0 Å². The van der Waals surface area contributed by atoms with Crippen molar-refractivity contribution in [2.45, 2.75) is 6.04 Å². The lowest BCUT2D eigenvalue weighted by Gasteiger charge is -2.35. The fourth-order valence-corrected chi connectivity index (χ4v) is 3.84. The second kappa shape index (κ2) is 9.82. The van der Waals surface area contributed by atoms with Crippen molar-refractivity contribution in [3.63, 3.8) is 0 Å². The number of carbonyl (C=O) groups is 1. The summed E-state index contributed by atoms with van der Waals surface area (Å²) in [4.78, 5) is 21.8. The number of piperazine rings is 1. The molecule has 0 bridgehead atoms. The number of benzene rings is 1. The molecule has 0 saturated carbocycles. The maximum absolute atomic E-state index is 12.6. The van der Waals surface area contributed by atoms with E-state index in [4.69, 9.17) is 4.74 Å². The zero-order chi connectivity index (χ0) is 19.9. The number of nitrogens with one attached hydrogen (secondary N) is 2. The Morgan fingerprint density at radius 1 is 1.10 bits per heavy atom. The van der Waals surface area contributed by atoms with Gasteiger partial charge in [-0.2, -0.15) is 0 Å². The van der Waals surface area contributed by atoms with Crippen LogP contribution in [0.4, 0.5) is 5.82 Å². The number of amides is 1. The fraction of sp³-hybridized carbons (Fsp3) is 0.455. The molecule has 2 aliphatic heterocycles. The third kappa shape index (κ3) is 5.32. The predicted octanol–water partition coefficient (Wildman–Crippen LogP) is 1.29. The molecule has 0 spiro atoms. The summed E-state index contributed by atoms with van der Waals surface area (Å²) in [7, 11) is 0. The summed E-state index contributed by atoms with van der Waals surface area (Å²) in [6.45, 7) is 7.44. The number of hydrogen-bond acceptors (Lipinski definition) is 6. The molecule has 3 heterocycles. The van der Waals surface area contributed by atoms with Crippen LogP contribution >= 0.6 is 0 Å². The minimum atomic E-state index is -0.116. The Kier molecular flexibility index (Phi) is 6.71. The summed E-state index contributed by atoms with van der Waals surface area (Å²) in [6, 6.07) is 16.4. The maximum atomic E-state index is 12.6. The number of rotatable bonds is 6. The molecule has 2 fully saturated rings. The minimum Gasteiger partial charge on any atom is -0.379 e. The van der Waals surface area contributed by atoms with Gasteiger partial charge in [0.1, 0.15) is 11.5 Å². The number of morpholine rings is 1. The molecule has 1 aromatic heterocycles. The molecule has 1 amide bonds. The second-order valence-electron chi connectivity index (χ2n) is 7.45. The second-order valence-corrected chi connectivity index (χ2v) is 7.45. The summed E-state index contributed by atoms with van der Waals surface area (Å²) in [6.07, 6.45) is 0. The van der Waals surface area contributed by atoms with Crippen LogP contribution in [0.15, 0.2) is 48.5 Å². The Hall–Kier alpha value is -2.48. The highest BCUT2D eigenvalue weighted by atomic mass is 16.5. The number of anilines is 1. The number of aromatic nitrogens is 1. The average Bonchev–Trinajstić information content (AvgIpc) is 2.80. The van der Waals surface area contributed by atoms with Gasteiger partial charge >= 0.3 is 0 Å². The monoisotopic (exact) mass is 395 g/mol. The lowest BCUT2D eigenvalue weighted by Crippen LogP contribution is -2.46. The molecule has 29 heavy (non-hydrogen) atoms. The van der Waals surface area contributed by atoms with Crippen molar-refractivity contribution in [3.05, 3.63) is 59.8 Å². The van der Waals surface area contributed by atoms with Crippen LogP contribution in [0.5, 0.6) is 0 Å². The lowest BCUT2D eigenvalue weighted by atomic mass is 10.0. The van der Waals surface area contributed by atoms with Crippen LogP contribution in [-0.4, -0.2) is 74.8 Å². The molecule has 7 nitrogen and oxygen atoms in total. The highest BCUT2D eigenvalue weighted by molar-refractivity contribution is 5.92. The van der Waals surface area contributed by atoms with Gasteiger partial charge in [0.25, 0.3) is 5.91 Å². The van der Waals surface area contributed by atoms with Crippen LogP contribution in [0.2, 0.25) is 0 Å². The number of nitrogens with zero attached hydrogens (tertiary/aromatic N) is 3. The first kappa shape index (κ1) is 19.8. The highest BCUT2D eigenvalue weighted by Crippen LogP contribution is 2.21. The van der Waals surface area contributed by atoms with Crippen molar-refractivity contribution in [1.82, 2.24) is 20.5 Å². The van der Waals surface area contributed by atoms with Crippen molar-refractivity contribution in [1.29, 1.82) is 0 Å². The zero-order valence-corrected chi connectivity index (χ0v) is 16.7. The van der Waals surface area contributed by atoms with E-state index in [9.17, 15) is 4.79 Å². The highest BCUT2D eigenvalue weighted by Gasteiger charge is 2.22. The lowest BCUT2D eigenvalue weighted by molar-refractivity contribution is 0.0383. The van der Waals surface area contributed by atoms with Gasteiger partial charge in [-0.15, -0.1) is 0 Å². The maximum Gasteiger partial charge on any atom is 0.270 e. The van der Waals surface area contributed by atoms with Gasteiger partial charge in [0.05, 0.1) is 13.2 Å². The molecule has 2 aromatic rings. The van der Waals surface area contributed by atoms with E-state index in [0.29, 0.717) is 12.2 Å². The summed E-state index contributed by atoms with van der Waals surface area (Å²) >= 11 is 0. The topological polar surface area (TPSA) is 69.7 Å². The first-order chi connectivity index (χ1) is 14.3. The van der Waals surface area contributed by atoms with Crippen molar-refractivity contribution < 1.29 is 9.53 Å². The number of ether oxygens (including phenoxy) is 1. The smallest absolute Gasteiger partial charge is 0.270 e. The molecule has 2 N–H and O–H groups in total. The standard InChI is InChI=1S/C22H29N5O2/c28-22(24-9-11-26-13-15-29-16-14-26)19-7-4-8-21(25-19)27-12-10-23-20(17-27)18-5-2-1-3-6-18/h1-8,20,23H,9-17H2,(H,24,28). The van der Waals surface area contributed by atoms with Crippen LogP contribution in [0, 0.1) is 0 Å². The molecule has 154 valence electrons. The van der Waals surface area contributed by atoms with Crippen LogP contribution < -0.4 is 15.5 Å². The quantitative estimate of drug-likeness (QED) is 0.768. The Balaban J connectivity index is 1.34. The molecule has 4 rings (SSSR count). The van der Waals surface area contributed by atoms with E-state index in [1.54, 1.807) is 6.07 Å². The molecule has 2 aliphatic rings. The summed E-state index contributed by atoms with van der Waals surface area (Å²) in [5.41, 5.74) is 1.74. The Bertz CT molecular complexity index is 795. The molecular formula is C22H29N5O2. The van der Waals surface area contributed by atoms with Crippen molar-refractivity contribution in [2.24, 2.45) is 0 Å². The third-order valence-electron chi connectivity index (χ3n) is 5.49. The molecule has 1 atom stereocenters.